The average molecular weight is 303 g/mol. The first-order valence-electron chi connectivity index (χ1n) is 6.15. The number of halogens is 4. The topological polar surface area (TPSA) is 17.8 Å². The third-order valence-corrected chi connectivity index (χ3v) is 3.56. The molecule has 0 saturated heterocycles. The number of aromatic nitrogens is 2. The van der Waals surface area contributed by atoms with Gasteiger partial charge in [0.25, 0.3) is 0 Å². The summed E-state index contributed by atoms with van der Waals surface area (Å²) in [5, 5.41) is 4.39. The summed E-state index contributed by atoms with van der Waals surface area (Å²) in [5.41, 5.74) is 2.45. The summed E-state index contributed by atoms with van der Waals surface area (Å²) in [6.07, 6.45) is -3.65. The summed E-state index contributed by atoms with van der Waals surface area (Å²) in [7, 11) is 1.76. The van der Waals surface area contributed by atoms with Gasteiger partial charge in [-0.05, 0) is 25.5 Å². The Balaban J connectivity index is 2.60. The number of rotatable bonds is 2. The van der Waals surface area contributed by atoms with Crippen LogP contribution in [-0.2, 0) is 19.6 Å². The van der Waals surface area contributed by atoms with Crippen molar-refractivity contribution in [1.29, 1.82) is 0 Å². The van der Waals surface area contributed by atoms with Gasteiger partial charge in [0.15, 0.2) is 0 Å². The van der Waals surface area contributed by atoms with Crippen LogP contribution < -0.4 is 0 Å². The summed E-state index contributed by atoms with van der Waals surface area (Å²) in [5.74, 6) is 0. The van der Waals surface area contributed by atoms with Gasteiger partial charge in [-0.15, -0.1) is 0 Å². The average Bonchev–Trinajstić information content (AvgIpc) is 2.62. The van der Waals surface area contributed by atoms with Crippen molar-refractivity contribution in [3.8, 4) is 11.3 Å². The van der Waals surface area contributed by atoms with E-state index in [1.807, 2.05) is 13.8 Å². The van der Waals surface area contributed by atoms with Gasteiger partial charge in [-0.2, -0.15) is 18.3 Å². The van der Waals surface area contributed by atoms with E-state index >= 15 is 0 Å². The Bertz CT molecular complexity index is 645. The summed E-state index contributed by atoms with van der Waals surface area (Å²) < 4.78 is 39.6. The highest BCUT2D eigenvalue weighted by Gasteiger charge is 2.31. The molecule has 0 atom stereocenters. The van der Waals surface area contributed by atoms with Crippen LogP contribution in [0.15, 0.2) is 18.2 Å². The minimum atomic E-state index is -4.39. The fourth-order valence-electron chi connectivity index (χ4n) is 2.35. The summed E-state index contributed by atoms with van der Waals surface area (Å²) in [6, 6.07) is 3.41. The minimum absolute atomic E-state index is 0.0810. The van der Waals surface area contributed by atoms with E-state index in [-0.39, 0.29) is 5.02 Å². The molecule has 2 rings (SSSR count). The number of alkyl halides is 3. The highest BCUT2D eigenvalue weighted by molar-refractivity contribution is 6.33. The maximum atomic E-state index is 12.7. The maximum Gasteiger partial charge on any atom is 0.416 e. The fraction of sp³-hybridized carbons (Fsp3) is 0.357. The zero-order chi connectivity index (χ0) is 15.1. The first-order chi connectivity index (χ1) is 9.25. The lowest BCUT2D eigenvalue weighted by Crippen LogP contribution is -2.05. The van der Waals surface area contributed by atoms with Crippen LogP contribution in [-0.4, -0.2) is 9.78 Å². The number of hydrogen-bond donors (Lipinski definition) is 0. The quantitative estimate of drug-likeness (QED) is 0.791. The smallest absolute Gasteiger partial charge is 0.267 e. The van der Waals surface area contributed by atoms with E-state index in [1.165, 1.54) is 6.07 Å². The molecule has 0 saturated carbocycles. The molecule has 0 spiro atoms. The Hall–Kier alpha value is -1.49. The van der Waals surface area contributed by atoms with Gasteiger partial charge in [-0.25, -0.2) is 0 Å². The van der Waals surface area contributed by atoms with Gasteiger partial charge in [0, 0.05) is 18.2 Å². The van der Waals surface area contributed by atoms with Gasteiger partial charge < -0.3 is 0 Å². The number of nitrogens with zero attached hydrogens (tertiary/aromatic N) is 2. The minimum Gasteiger partial charge on any atom is -0.267 e. The molecule has 1 heterocycles. The summed E-state index contributed by atoms with van der Waals surface area (Å²) >= 11 is 6.04. The van der Waals surface area contributed by atoms with Crippen molar-refractivity contribution in [1.82, 2.24) is 9.78 Å². The highest BCUT2D eigenvalue weighted by Crippen LogP contribution is 2.37. The molecule has 0 bridgehead atoms. The largest absolute Gasteiger partial charge is 0.416 e. The molecule has 0 N–H and O–H groups in total. The zero-order valence-electron chi connectivity index (χ0n) is 11.3. The number of hydrogen-bond acceptors (Lipinski definition) is 1. The van der Waals surface area contributed by atoms with Gasteiger partial charge in [-0.1, -0.05) is 24.6 Å². The molecule has 0 fully saturated rings. The molecule has 6 heteroatoms. The van der Waals surface area contributed by atoms with E-state index in [9.17, 15) is 13.2 Å². The molecule has 0 radical (unpaired) electrons. The summed E-state index contributed by atoms with van der Waals surface area (Å²) in [6.45, 7) is 3.85. The fourth-order valence-corrected chi connectivity index (χ4v) is 2.62. The first kappa shape index (κ1) is 14.9. The third-order valence-electron chi connectivity index (χ3n) is 3.25. The van der Waals surface area contributed by atoms with Crippen molar-refractivity contribution in [2.45, 2.75) is 26.4 Å². The normalized spacial score (nSPS) is 11.9. The standard InChI is InChI=1S/C14H14ClF3N2/c1-4-10-8(2)19-20(3)13(10)11-6-5-9(7-12(11)15)14(16,17)18/h5-7H,4H2,1-3H3. The molecule has 20 heavy (non-hydrogen) atoms. The molecular weight excluding hydrogens is 289 g/mol. The second-order valence-electron chi connectivity index (χ2n) is 4.58. The number of benzene rings is 1. The van der Waals surface area contributed by atoms with Crippen LogP contribution in [0.3, 0.4) is 0 Å². The molecule has 0 amide bonds. The van der Waals surface area contributed by atoms with Crippen LogP contribution in [0.4, 0.5) is 13.2 Å². The van der Waals surface area contributed by atoms with E-state index in [1.54, 1.807) is 11.7 Å². The molecule has 0 aliphatic rings. The molecule has 1 aromatic carbocycles. The Labute approximate surface area is 120 Å². The number of aryl methyl sites for hydroxylation is 2. The van der Waals surface area contributed by atoms with Crippen molar-refractivity contribution < 1.29 is 13.2 Å². The molecule has 0 aliphatic carbocycles. The second-order valence-corrected chi connectivity index (χ2v) is 4.99. The lowest BCUT2D eigenvalue weighted by molar-refractivity contribution is -0.137. The van der Waals surface area contributed by atoms with Gasteiger partial charge >= 0.3 is 6.18 Å². The monoisotopic (exact) mass is 302 g/mol. The second kappa shape index (κ2) is 5.13. The predicted octanol–water partition coefficient (Wildman–Crippen LogP) is 4.63. The SMILES string of the molecule is CCc1c(C)nn(C)c1-c1ccc(C(F)(F)F)cc1Cl. The van der Waals surface area contributed by atoms with E-state index in [0.717, 1.165) is 35.5 Å². The molecule has 2 nitrogen and oxygen atoms in total. The zero-order valence-corrected chi connectivity index (χ0v) is 12.1. The van der Waals surface area contributed by atoms with Crippen LogP contribution in [0, 0.1) is 6.92 Å². The Kier molecular flexibility index (Phi) is 3.82. The lowest BCUT2D eigenvalue weighted by atomic mass is 10.0. The molecule has 2 aromatic rings. The lowest BCUT2D eigenvalue weighted by Gasteiger charge is -2.11. The Morgan fingerprint density at radius 2 is 1.95 bits per heavy atom. The van der Waals surface area contributed by atoms with Crippen LogP contribution in [0.25, 0.3) is 11.3 Å². The maximum absolute atomic E-state index is 12.7. The molecular formula is C14H14ClF3N2. The molecule has 1 aromatic heterocycles. The van der Waals surface area contributed by atoms with Gasteiger partial charge in [0.05, 0.1) is 22.0 Å². The van der Waals surface area contributed by atoms with Crippen LogP contribution in [0.5, 0.6) is 0 Å². The van der Waals surface area contributed by atoms with Crippen LogP contribution >= 0.6 is 11.6 Å². The highest BCUT2D eigenvalue weighted by atomic mass is 35.5. The molecule has 0 unspecified atom stereocenters. The Morgan fingerprint density at radius 1 is 1.30 bits per heavy atom. The van der Waals surface area contributed by atoms with Crippen molar-refractivity contribution in [3.63, 3.8) is 0 Å². The van der Waals surface area contributed by atoms with Crippen molar-refractivity contribution in [3.05, 3.63) is 40.0 Å². The Morgan fingerprint density at radius 3 is 2.45 bits per heavy atom. The van der Waals surface area contributed by atoms with Gasteiger partial charge in [-0.3, -0.25) is 4.68 Å². The van der Waals surface area contributed by atoms with Crippen molar-refractivity contribution in [2.75, 3.05) is 0 Å². The van der Waals surface area contributed by atoms with Crippen LogP contribution in [0.1, 0.15) is 23.7 Å². The van der Waals surface area contributed by atoms with Gasteiger partial charge in [0.1, 0.15) is 0 Å². The van der Waals surface area contributed by atoms with E-state index in [0.29, 0.717) is 5.56 Å². The third kappa shape index (κ3) is 2.54. The van der Waals surface area contributed by atoms with E-state index < -0.39 is 11.7 Å². The van der Waals surface area contributed by atoms with Crippen molar-refractivity contribution in [2.24, 2.45) is 7.05 Å². The molecule has 108 valence electrons. The van der Waals surface area contributed by atoms with Crippen LogP contribution in [0.2, 0.25) is 5.02 Å². The van der Waals surface area contributed by atoms with Gasteiger partial charge in [0.2, 0.25) is 0 Å². The van der Waals surface area contributed by atoms with E-state index in [4.69, 9.17) is 11.6 Å². The van der Waals surface area contributed by atoms with E-state index in [2.05, 4.69) is 5.10 Å². The predicted molar refractivity (Wildman–Crippen MR) is 72.8 cm³/mol. The molecule has 0 aliphatic heterocycles. The van der Waals surface area contributed by atoms with Crippen molar-refractivity contribution >= 4 is 11.6 Å². The first-order valence-corrected chi connectivity index (χ1v) is 6.53. The summed E-state index contributed by atoms with van der Waals surface area (Å²) in [4.78, 5) is 0.